The molecule has 0 fully saturated rings. The molecule has 0 aliphatic rings. The lowest BCUT2D eigenvalue weighted by molar-refractivity contribution is 0.0474. The second-order valence-electron chi connectivity index (χ2n) is 4.23. The molecule has 0 saturated heterocycles. The lowest BCUT2D eigenvalue weighted by Crippen LogP contribution is -2.08. The number of nitrogens with two attached hydrogens (primary N) is 1. The predicted octanol–water partition coefficient (Wildman–Crippen LogP) is 3.29. The van der Waals surface area contributed by atoms with Gasteiger partial charge in [-0.15, -0.1) is 0 Å². The van der Waals surface area contributed by atoms with E-state index in [1.807, 2.05) is 0 Å². The van der Waals surface area contributed by atoms with Gasteiger partial charge in [0.1, 0.15) is 18.5 Å². The summed E-state index contributed by atoms with van der Waals surface area (Å²) in [5, 5.41) is 9.15. The van der Waals surface area contributed by atoms with Gasteiger partial charge in [-0.1, -0.05) is 17.7 Å². The number of hydrogen-bond donors (Lipinski definition) is 1. The van der Waals surface area contributed by atoms with Crippen molar-refractivity contribution < 1.29 is 13.9 Å². The van der Waals surface area contributed by atoms with Crippen molar-refractivity contribution in [3.05, 3.63) is 63.9 Å². The average Bonchev–Trinajstić information content (AvgIpc) is 2.46. The van der Waals surface area contributed by atoms with Gasteiger partial charge >= 0.3 is 5.97 Å². The van der Waals surface area contributed by atoms with Crippen LogP contribution in [0, 0.1) is 17.1 Å². The monoisotopic (exact) mass is 304 g/mol. The molecule has 2 N–H and O–H groups in total. The maximum Gasteiger partial charge on any atom is 0.340 e. The molecule has 0 aliphatic carbocycles. The highest BCUT2D eigenvalue weighted by atomic mass is 35.5. The molecule has 0 aromatic heterocycles. The Morgan fingerprint density at radius 1 is 1.33 bits per heavy atom. The number of halogens is 2. The number of carbonyl (C=O) groups is 1. The van der Waals surface area contributed by atoms with Crippen LogP contribution in [0.5, 0.6) is 0 Å². The molecule has 2 aromatic rings. The van der Waals surface area contributed by atoms with Crippen molar-refractivity contribution in [2.45, 2.75) is 6.61 Å². The van der Waals surface area contributed by atoms with Crippen LogP contribution in [0.4, 0.5) is 10.1 Å². The Bertz CT molecular complexity index is 741. The summed E-state index contributed by atoms with van der Waals surface area (Å²) < 4.78 is 18.2. The minimum Gasteiger partial charge on any atom is -0.457 e. The van der Waals surface area contributed by atoms with E-state index in [9.17, 15) is 9.18 Å². The minimum absolute atomic E-state index is 0.0874. The van der Waals surface area contributed by atoms with Gasteiger partial charge in [-0.3, -0.25) is 0 Å². The van der Waals surface area contributed by atoms with Crippen molar-refractivity contribution in [3.63, 3.8) is 0 Å². The Morgan fingerprint density at radius 2 is 2.10 bits per heavy atom. The van der Waals surface area contributed by atoms with Gasteiger partial charge in [0, 0.05) is 10.7 Å². The predicted molar refractivity (Wildman–Crippen MR) is 76.1 cm³/mol. The van der Waals surface area contributed by atoms with Gasteiger partial charge in [0.15, 0.2) is 0 Å². The van der Waals surface area contributed by atoms with Crippen LogP contribution < -0.4 is 5.73 Å². The highest BCUT2D eigenvalue weighted by Crippen LogP contribution is 2.19. The Morgan fingerprint density at radius 3 is 2.76 bits per heavy atom. The molecular weight excluding hydrogens is 295 g/mol. The lowest BCUT2D eigenvalue weighted by Gasteiger charge is -2.08. The van der Waals surface area contributed by atoms with E-state index in [1.165, 1.54) is 30.3 Å². The van der Waals surface area contributed by atoms with Crippen LogP contribution >= 0.6 is 11.6 Å². The number of nitrogens with zero attached hydrogens (tertiary/aromatic N) is 1. The SMILES string of the molecule is N#Cc1cc(COC(=O)c2ccc(Cl)cc2N)ccc1F. The van der Waals surface area contributed by atoms with Crippen LogP contribution in [0.15, 0.2) is 36.4 Å². The zero-order valence-electron chi connectivity index (χ0n) is 10.8. The fourth-order valence-electron chi connectivity index (χ4n) is 1.69. The van der Waals surface area contributed by atoms with Crippen LogP contribution in [0.3, 0.4) is 0 Å². The minimum atomic E-state index is -0.619. The molecule has 106 valence electrons. The van der Waals surface area contributed by atoms with E-state index >= 15 is 0 Å². The zero-order valence-corrected chi connectivity index (χ0v) is 11.5. The van der Waals surface area contributed by atoms with Crippen molar-refractivity contribution in [1.82, 2.24) is 0 Å². The molecular formula is C15H10ClFN2O2. The van der Waals surface area contributed by atoms with Crippen molar-refractivity contribution >= 4 is 23.3 Å². The fraction of sp³-hybridized carbons (Fsp3) is 0.0667. The quantitative estimate of drug-likeness (QED) is 0.697. The Hall–Kier alpha value is -2.58. The van der Waals surface area contributed by atoms with Crippen LogP contribution in [-0.4, -0.2) is 5.97 Å². The van der Waals surface area contributed by atoms with Crippen molar-refractivity contribution in [3.8, 4) is 6.07 Å². The number of carbonyl (C=O) groups excluding carboxylic acids is 1. The molecule has 0 atom stereocenters. The van der Waals surface area contributed by atoms with Crippen LogP contribution in [-0.2, 0) is 11.3 Å². The maximum atomic E-state index is 13.2. The van der Waals surface area contributed by atoms with Crippen LogP contribution in [0.2, 0.25) is 5.02 Å². The van der Waals surface area contributed by atoms with E-state index < -0.39 is 11.8 Å². The number of nitriles is 1. The molecule has 0 bridgehead atoms. The van der Waals surface area contributed by atoms with Gasteiger partial charge in [0.05, 0.1) is 11.1 Å². The Labute approximate surface area is 125 Å². The number of rotatable bonds is 3. The standard InChI is InChI=1S/C15H10ClFN2O2/c16-11-2-3-12(14(19)6-11)15(20)21-8-9-1-4-13(17)10(5-9)7-18/h1-6H,8,19H2. The first kappa shape index (κ1) is 14.8. The van der Waals surface area contributed by atoms with E-state index in [1.54, 1.807) is 6.07 Å². The third-order valence-electron chi connectivity index (χ3n) is 2.75. The second-order valence-corrected chi connectivity index (χ2v) is 4.67. The first-order valence-electron chi connectivity index (χ1n) is 5.92. The number of ether oxygens (including phenoxy) is 1. The molecule has 0 amide bonds. The summed E-state index contributed by atoms with van der Waals surface area (Å²) >= 11 is 5.74. The van der Waals surface area contributed by atoms with Gasteiger partial charge in [-0.05, 0) is 35.9 Å². The summed E-state index contributed by atoms with van der Waals surface area (Å²) in [7, 11) is 0. The topological polar surface area (TPSA) is 76.1 Å². The van der Waals surface area contributed by atoms with Gasteiger partial charge in [0.2, 0.25) is 0 Å². The molecule has 0 heterocycles. The molecule has 0 aliphatic heterocycles. The maximum absolute atomic E-state index is 13.2. The summed E-state index contributed by atoms with van der Waals surface area (Å²) in [5.41, 5.74) is 6.49. The third kappa shape index (κ3) is 3.50. The molecule has 2 rings (SSSR count). The molecule has 0 saturated carbocycles. The van der Waals surface area contributed by atoms with Gasteiger partial charge in [-0.2, -0.15) is 5.26 Å². The first-order valence-corrected chi connectivity index (χ1v) is 6.29. The molecule has 0 spiro atoms. The average molecular weight is 305 g/mol. The largest absolute Gasteiger partial charge is 0.457 e. The lowest BCUT2D eigenvalue weighted by atomic mass is 10.1. The van der Waals surface area contributed by atoms with Crippen molar-refractivity contribution in [2.75, 3.05) is 5.73 Å². The van der Waals surface area contributed by atoms with E-state index in [2.05, 4.69) is 0 Å². The number of anilines is 1. The number of esters is 1. The van der Waals surface area contributed by atoms with E-state index in [0.717, 1.165) is 6.07 Å². The van der Waals surface area contributed by atoms with Crippen LogP contribution in [0.25, 0.3) is 0 Å². The summed E-state index contributed by atoms with van der Waals surface area (Å²) in [6, 6.07) is 10.1. The molecule has 6 heteroatoms. The zero-order chi connectivity index (χ0) is 15.4. The molecule has 0 unspecified atom stereocenters. The van der Waals surface area contributed by atoms with E-state index in [-0.39, 0.29) is 23.4 Å². The number of hydrogen-bond acceptors (Lipinski definition) is 4. The second kappa shape index (κ2) is 6.25. The Balaban J connectivity index is 2.09. The van der Waals surface area contributed by atoms with Gasteiger partial charge in [0.25, 0.3) is 0 Å². The Kier molecular flexibility index (Phi) is 4.41. The van der Waals surface area contributed by atoms with Crippen molar-refractivity contribution in [1.29, 1.82) is 5.26 Å². The smallest absolute Gasteiger partial charge is 0.340 e. The van der Waals surface area contributed by atoms with Crippen molar-refractivity contribution in [2.24, 2.45) is 0 Å². The van der Waals surface area contributed by atoms with Crippen LogP contribution in [0.1, 0.15) is 21.5 Å². The molecule has 0 radical (unpaired) electrons. The highest BCUT2D eigenvalue weighted by molar-refractivity contribution is 6.31. The number of benzene rings is 2. The first-order chi connectivity index (χ1) is 10.0. The summed E-state index contributed by atoms with van der Waals surface area (Å²) in [5.74, 6) is -1.23. The van der Waals surface area contributed by atoms with E-state index in [4.69, 9.17) is 27.3 Å². The van der Waals surface area contributed by atoms with Gasteiger partial charge < -0.3 is 10.5 Å². The molecule has 2 aromatic carbocycles. The summed E-state index contributed by atoms with van der Waals surface area (Å²) in [4.78, 5) is 11.9. The van der Waals surface area contributed by atoms with Gasteiger partial charge in [-0.25, -0.2) is 9.18 Å². The summed E-state index contributed by atoms with van der Waals surface area (Å²) in [6.07, 6.45) is 0. The normalized spacial score (nSPS) is 9.95. The van der Waals surface area contributed by atoms with E-state index in [0.29, 0.717) is 10.6 Å². The summed E-state index contributed by atoms with van der Waals surface area (Å²) in [6.45, 7) is -0.0874. The fourth-order valence-corrected chi connectivity index (χ4v) is 1.87. The third-order valence-corrected chi connectivity index (χ3v) is 2.99. The highest BCUT2D eigenvalue weighted by Gasteiger charge is 2.12. The number of nitrogen functional groups attached to an aromatic ring is 1. The molecule has 4 nitrogen and oxygen atoms in total. The molecule has 21 heavy (non-hydrogen) atoms.